The van der Waals surface area contributed by atoms with Crippen LogP contribution < -0.4 is 0 Å². The Morgan fingerprint density at radius 3 is 2.12 bits per heavy atom. The average molecular weight is 470 g/mol. The molecule has 0 unspecified atom stereocenters. The van der Waals surface area contributed by atoms with Crippen LogP contribution in [0.5, 0.6) is 0 Å². The van der Waals surface area contributed by atoms with E-state index in [2.05, 4.69) is 0 Å². The lowest BCUT2D eigenvalue weighted by atomic mass is 10.1. The van der Waals surface area contributed by atoms with E-state index in [0.717, 1.165) is 9.54 Å². The summed E-state index contributed by atoms with van der Waals surface area (Å²) in [6, 6.07) is 20.4. The molecule has 9 heteroatoms. The Morgan fingerprint density at radius 1 is 0.812 bits per heavy atom. The molecule has 164 valence electrons. The zero-order chi connectivity index (χ0) is 22.9. The fourth-order valence-electron chi connectivity index (χ4n) is 3.26. The van der Waals surface area contributed by atoms with Crippen LogP contribution in [0.1, 0.15) is 15.9 Å². The van der Waals surface area contributed by atoms with Crippen molar-refractivity contribution in [3.8, 4) is 0 Å². The summed E-state index contributed by atoms with van der Waals surface area (Å²) in [5.41, 5.74) is 1.24. The van der Waals surface area contributed by atoms with Crippen molar-refractivity contribution < 1.29 is 25.8 Å². The van der Waals surface area contributed by atoms with Gasteiger partial charge < -0.3 is 0 Å². The van der Waals surface area contributed by atoms with Gasteiger partial charge in [0.05, 0.1) is 15.3 Å². The number of nitrogens with zero attached hydrogens (tertiary/aromatic N) is 1. The van der Waals surface area contributed by atoms with E-state index in [9.17, 15) is 21.6 Å². The Bertz CT molecular complexity index is 1500. The first-order valence-corrected chi connectivity index (χ1v) is 12.4. The van der Waals surface area contributed by atoms with E-state index in [0.29, 0.717) is 10.9 Å². The maximum Gasteiger partial charge on any atom is 0.297 e. The fourth-order valence-corrected chi connectivity index (χ4v) is 5.52. The Labute approximate surface area is 186 Å². The standard InChI is InChI=1S/C23H19NO6S2/c1-17-11-13-19(14-12-17)32(28,29)30-16-23(25)21-15-24(22-10-6-5-9-20(21)22)31(26,27)18-7-3-2-4-8-18/h2-15H,16H2,1H3. The second-order valence-corrected chi connectivity index (χ2v) is 10.6. The number of carbonyl (C=O) groups is 1. The summed E-state index contributed by atoms with van der Waals surface area (Å²) in [6.07, 6.45) is 1.21. The number of rotatable bonds is 7. The minimum absolute atomic E-state index is 0.0548. The van der Waals surface area contributed by atoms with Crippen LogP contribution in [0.2, 0.25) is 0 Å². The molecule has 0 bridgehead atoms. The third-order valence-corrected chi connectivity index (χ3v) is 7.90. The molecule has 0 aliphatic carbocycles. The Morgan fingerprint density at radius 2 is 1.44 bits per heavy atom. The predicted octanol–water partition coefficient (Wildman–Crippen LogP) is 3.77. The van der Waals surface area contributed by atoms with Crippen molar-refractivity contribution in [2.75, 3.05) is 6.61 Å². The minimum atomic E-state index is -4.14. The highest BCUT2D eigenvalue weighted by atomic mass is 32.2. The van der Waals surface area contributed by atoms with E-state index < -0.39 is 32.5 Å². The number of para-hydroxylation sites is 1. The van der Waals surface area contributed by atoms with Gasteiger partial charge in [0.15, 0.2) is 5.78 Å². The van der Waals surface area contributed by atoms with E-state index in [1.165, 1.54) is 30.5 Å². The first kappa shape index (κ1) is 21.9. The number of hydrogen-bond acceptors (Lipinski definition) is 6. The number of ketones is 1. The van der Waals surface area contributed by atoms with Gasteiger partial charge in [-0.05, 0) is 37.3 Å². The maximum atomic E-state index is 13.1. The molecule has 0 amide bonds. The van der Waals surface area contributed by atoms with E-state index in [4.69, 9.17) is 4.18 Å². The summed E-state index contributed by atoms with van der Waals surface area (Å²) in [5.74, 6) is -0.654. The highest BCUT2D eigenvalue weighted by molar-refractivity contribution is 7.90. The third kappa shape index (κ3) is 4.10. The molecule has 3 aromatic carbocycles. The second kappa shape index (κ2) is 8.34. The number of fused-ring (bicyclic) bond motifs is 1. The van der Waals surface area contributed by atoms with Crippen LogP contribution in [0, 0.1) is 6.92 Å². The summed E-state index contributed by atoms with van der Waals surface area (Å²) in [5, 5.41) is 0.383. The van der Waals surface area contributed by atoms with Crippen molar-refractivity contribution in [3.63, 3.8) is 0 Å². The number of Topliss-reactive ketones (excluding diaryl/α,β-unsaturated/α-hetero) is 1. The summed E-state index contributed by atoms with van der Waals surface area (Å²) in [6.45, 7) is 1.07. The molecule has 4 aromatic rings. The Balaban J connectivity index is 1.68. The molecule has 0 saturated heterocycles. The lowest BCUT2D eigenvalue weighted by Crippen LogP contribution is -2.15. The van der Waals surface area contributed by atoms with Crippen molar-refractivity contribution in [3.05, 3.63) is 96.2 Å². The van der Waals surface area contributed by atoms with Gasteiger partial charge in [-0.25, -0.2) is 12.4 Å². The maximum absolute atomic E-state index is 13.1. The van der Waals surface area contributed by atoms with Crippen LogP contribution in [0.15, 0.2) is 94.9 Å². The topological polar surface area (TPSA) is 99.5 Å². The molecule has 4 rings (SSSR count). The second-order valence-electron chi connectivity index (χ2n) is 7.13. The molecule has 0 spiro atoms. The van der Waals surface area contributed by atoms with E-state index in [1.54, 1.807) is 54.6 Å². The smallest absolute Gasteiger partial charge is 0.291 e. The van der Waals surface area contributed by atoms with Crippen LogP contribution in [0.25, 0.3) is 10.9 Å². The molecule has 0 radical (unpaired) electrons. The highest BCUT2D eigenvalue weighted by Gasteiger charge is 2.25. The summed E-state index contributed by atoms with van der Waals surface area (Å²) in [7, 11) is -8.11. The average Bonchev–Trinajstić information content (AvgIpc) is 3.19. The lowest BCUT2D eigenvalue weighted by Gasteiger charge is -2.07. The predicted molar refractivity (Wildman–Crippen MR) is 120 cm³/mol. The van der Waals surface area contributed by atoms with Gasteiger partial charge in [0.25, 0.3) is 20.1 Å². The quantitative estimate of drug-likeness (QED) is 0.302. The molecular formula is C23H19NO6S2. The third-order valence-electron chi connectivity index (χ3n) is 4.93. The van der Waals surface area contributed by atoms with Gasteiger partial charge in [0.2, 0.25) is 0 Å². The normalized spacial score (nSPS) is 12.2. The van der Waals surface area contributed by atoms with Gasteiger partial charge in [-0.2, -0.15) is 8.42 Å². The molecule has 1 aromatic heterocycles. The van der Waals surface area contributed by atoms with Crippen molar-refractivity contribution in [1.82, 2.24) is 3.97 Å². The SMILES string of the molecule is Cc1ccc(S(=O)(=O)OCC(=O)c2cn(S(=O)(=O)c3ccccc3)c3ccccc23)cc1. The first-order chi connectivity index (χ1) is 15.2. The Kier molecular flexibility index (Phi) is 5.72. The zero-order valence-electron chi connectivity index (χ0n) is 17.0. The van der Waals surface area contributed by atoms with Crippen molar-refractivity contribution in [2.45, 2.75) is 16.7 Å². The first-order valence-electron chi connectivity index (χ1n) is 9.60. The van der Waals surface area contributed by atoms with E-state index in [1.807, 2.05) is 6.92 Å². The molecule has 1 heterocycles. The number of aryl methyl sites for hydroxylation is 1. The number of carbonyl (C=O) groups excluding carboxylic acids is 1. The molecule has 32 heavy (non-hydrogen) atoms. The summed E-state index contributed by atoms with van der Waals surface area (Å²) in [4.78, 5) is 12.9. The van der Waals surface area contributed by atoms with Gasteiger partial charge in [0, 0.05) is 17.1 Å². The lowest BCUT2D eigenvalue weighted by molar-refractivity contribution is 0.0926. The van der Waals surface area contributed by atoms with Gasteiger partial charge in [-0.15, -0.1) is 0 Å². The summed E-state index contributed by atoms with van der Waals surface area (Å²) < 4.78 is 57.1. The van der Waals surface area contributed by atoms with Crippen LogP contribution in [-0.2, 0) is 24.3 Å². The van der Waals surface area contributed by atoms with Crippen LogP contribution in [0.4, 0.5) is 0 Å². The van der Waals surface area contributed by atoms with Crippen LogP contribution in [0.3, 0.4) is 0 Å². The largest absolute Gasteiger partial charge is 0.297 e. The molecule has 0 aliphatic heterocycles. The van der Waals surface area contributed by atoms with Crippen molar-refractivity contribution >= 4 is 36.8 Å². The molecule has 0 N–H and O–H groups in total. The molecule has 0 aliphatic rings. The van der Waals surface area contributed by atoms with Gasteiger partial charge in [-0.1, -0.05) is 54.1 Å². The minimum Gasteiger partial charge on any atom is -0.291 e. The zero-order valence-corrected chi connectivity index (χ0v) is 18.6. The van der Waals surface area contributed by atoms with E-state index >= 15 is 0 Å². The number of hydrogen-bond donors (Lipinski definition) is 0. The molecule has 7 nitrogen and oxygen atoms in total. The molecular weight excluding hydrogens is 450 g/mol. The van der Waals surface area contributed by atoms with Crippen LogP contribution >= 0.6 is 0 Å². The fraction of sp³-hybridized carbons (Fsp3) is 0.0870. The van der Waals surface area contributed by atoms with Gasteiger partial charge in [-0.3, -0.25) is 8.98 Å². The molecule has 0 saturated carbocycles. The highest BCUT2D eigenvalue weighted by Crippen LogP contribution is 2.26. The summed E-state index contributed by atoms with van der Waals surface area (Å²) >= 11 is 0. The van der Waals surface area contributed by atoms with Crippen molar-refractivity contribution in [1.29, 1.82) is 0 Å². The number of benzene rings is 3. The van der Waals surface area contributed by atoms with Crippen LogP contribution in [-0.4, -0.2) is 33.2 Å². The van der Waals surface area contributed by atoms with Crippen molar-refractivity contribution in [2.24, 2.45) is 0 Å². The van der Waals surface area contributed by atoms with E-state index in [-0.39, 0.29) is 15.4 Å². The Hall–Kier alpha value is -3.27. The van der Waals surface area contributed by atoms with Gasteiger partial charge in [0.1, 0.15) is 6.61 Å². The van der Waals surface area contributed by atoms with Gasteiger partial charge >= 0.3 is 0 Å². The molecule has 0 fully saturated rings. The monoisotopic (exact) mass is 469 g/mol. The number of aromatic nitrogens is 1. The molecule has 0 atom stereocenters.